The predicted molar refractivity (Wildman–Crippen MR) is 81.5 cm³/mol. The second-order valence-corrected chi connectivity index (χ2v) is 7.21. The van der Waals surface area contributed by atoms with Gasteiger partial charge in [0.15, 0.2) is 0 Å². The summed E-state index contributed by atoms with van der Waals surface area (Å²) < 4.78 is 10.6. The van der Waals surface area contributed by atoms with Gasteiger partial charge in [0, 0.05) is 25.7 Å². The van der Waals surface area contributed by atoms with E-state index < -0.39 is 9.28 Å². The Morgan fingerprint density at radius 1 is 0.842 bits per heavy atom. The maximum absolute atomic E-state index is 8.12. The van der Waals surface area contributed by atoms with Crippen molar-refractivity contribution >= 4 is 9.28 Å². The van der Waals surface area contributed by atoms with Gasteiger partial charge in [-0.3, -0.25) is 0 Å². The Balaban J connectivity index is 3.08. The fourth-order valence-corrected chi connectivity index (χ4v) is 3.39. The van der Waals surface area contributed by atoms with Crippen LogP contribution in [0.5, 0.6) is 0 Å². The van der Waals surface area contributed by atoms with Gasteiger partial charge in [-0.25, -0.2) is 0 Å². The molecular formula is C13H29N3O2Si. The van der Waals surface area contributed by atoms with Gasteiger partial charge in [-0.1, -0.05) is 56.5 Å². The average Bonchev–Trinajstić information content (AvgIpc) is 2.44. The van der Waals surface area contributed by atoms with E-state index >= 15 is 0 Å². The normalized spacial score (nSPS) is 10.7. The molecule has 0 aromatic heterocycles. The first-order chi connectivity index (χ1) is 9.35. The smallest absolute Gasteiger partial charge is 0.320 e. The molecule has 5 nitrogen and oxygen atoms in total. The highest BCUT2D eigenvalue weighted by atomic mass is 28.3. The third-order valence-corrected chi connectivity index (χ3v) is 5.22. The number of azide groups is 1. The minimum atomic E-state index is -1.31. The van der Waals surface area contributed by atoms with E-state index in [1.165, 1.54) is 51.4 Å². The van der Waals surface area contributed by atoms with Crippen LogP contribution in [-0.4, -0.2) is 30.0 Å². The fourth-order valence-electron chi connectivity index (χ4n) is 2.11. The molecule has 0 spiro atoms. The van der Waals surface area contributed by atoms with E-state index in [4.69, 9.17) is 14.4 Å². The Kier molecular flexibility index (Phi) is 15.1. The van der Waals surface area contributed by atoms with Crippen molar-refractivity contribution < 1.29 is 8.85 Å². The summed E-state index contributed by atoms with van der Waals surface area (Å²) in [5.74, 6) is 0. The largest absolute Gasteiger partial charge is 0.400 e. The number of hydrogen-bond acceptors (Lipinski definition) is 3. The van der Waals surface area contributed by atoms with Gasteiger partial charge in [-0.2, -0.15) is 0 Å². The molecule has 0 saturated heterocycles. The standard InChI is InChI=1S/C13H29N3O2Si/c1-17-19(18-2)13-11-9-7-5-3-4-6-8-10-12-15-16-14/h19H,3-13H2,1-2H3. The average molecular weight is 287 g/mol. The summed E-state index contributed by atoms with van der Waals surface area (Å²) in [6, 6.07) is 1.13. The molecule has 0 fully saturated rings. The van der Waals surface area contributed by atoms with Crippen LogP contribution in [0.15, 0.2) is 5.11 Å². The van der Waals surface area contributed by atoms with E-state index in [1.54, 1.807) is 14.2 Å². The number of unbranched alkanes of at least 4 members (excludes halogenated alkanes) is 8. The quantitative estimate of drug-likeness (QED) is 0.157. The van der Waals surface area contributed by atoms with Crippen LogP contribution in [0, 0.1) is 0 Å². The Labute approximate surface area is 119 Å². The van der Waals surface area contributed by atoms with Crippen LogP contribution in [0.25, 0.3) is 10.4 Å². The molecule has 6 heteroatoms. The second-order valence-electron chi connectivity index (χ2n) is 4.83. The summed E-state index contributed by atoms with van der Waals surface area (Å²) in [4.78, 5) is 2.75. The van der Waals surface area contributed by atoms with Crippen molar-refractivity contribution in [2.75, 3.05) is 20.8 Å². The monoisotopic (exact) mass is 287 g/mol. The van der Waals surface area contributed by atoms with Crippen molar-refractivity contribution in [1.82, 2.24) is 0 Å². The molecule has 0 rings (SSSR count). The molecule has 0 aliphatic carbocycles. The lowest BCUT2D eigenvalue weighted by Gasteiger charge is -2.10. The zero-order chi connectivity index (χ0) is 14.2. The van der Waals surface area contributed by atoms with E-state index in [2.05, 4.69) is 10.0 Å². The van der Waals surface area contributed by atoms with Crippen LogP contribution in [0.1, 0.15) is 57.8 Å². The highest BCUT2D eigenvalue weighted by Gasteiger charge is 2.07. The molecule has 0 saturated carbocycles. The highest BCUT2D eigenvalue weighted by Crippen LogP contribution is 2.12. The molecule has 0 aliphatic heterocycles. The molecule has 0 aromatic carbocycles. The van der Waals surface area contributed by atoms with E-state index in [1.807, 2.05) is 0 Å². The summed E-state index contributed by atoms with van der Waals surface area (Å²) in [6.07, 6.45) is 11.3. The summed E-state index contributed by atoms with van der Waals surface area (Å²) in [5.41, 5.74) is 8.12. The zero-order valence-corrected chi connectivity index (χ0v) is 13.7. The fraction of sp³-hybridized carbons (Fsp3) is 1.00. The molecular weight excluding hydrogens is 258 g/mol. The van der Waals surface area contributed by atoms with Crippen molar-refractivity contribution in [3.05, 3.63) is 10.4 Å². The number of nitrogens with zero attached hydrogens (tertiary/aromatic N) is 3. The third-order valence-electron chi connectivity index (χ3n) is 3.29. The van der Waals surface area contributed by atoms with Crippen LogP contribution in [0.4, 0.5) is 0 Å². The van der Waals surface area contributed by atoms with Gasteiger partial charge >= 0.3 is 9.28 Å². The van der Waals surface area contributed by atoms with Gasteiger partial charge in [0.2, 0.25) is 0 Å². The van der Waals surface area contributed by atoms with Crippen molar-refractivity contribution in [2.45, 2.75) is 63.8 Å². The van der Waals surface area contributed by atoms with Crippen LogP contribution >= 0.6 is 0 Å². The maximum atomic E-state index is 8.12. The lowest BCUT2D eigenvalue weighted by Crippen LogP contribution is -2.18. The Hall–Kier alpha value is -0.553. The lowest BCUT2D eigenvalue weighted by molar-refractivity contribution is 0.276. The van der Waals surface area contributed by atoms with E-state index in [-0.39, 0.29) is 0 Å². The third kappa shape index (κ3) is 13.7. The lowest BCUT2D eigenvalue weighted by atomic mass is 10.1. The van der Waals surface area contributed by atoms with Crippen LogP contribution < -0.4 is 0 Å². The summed E-state index contributed by atoms with van der Waals surface area (Å²) in [6.45, 7) is 0.653. The molecule has 0 unspecified atom stereocenters. The molecule has 0 amide bonds. The number of rotatable bonds is 14. The van der Waals surface area contributed by atoms with Gasteiger partial charge in [0.25, 0.3) is 0 Å². The van der Waals surface area contributed by atoms with Gasteiger partial charge in [-0.05, 0) is 18.0 Å². The second kappa shape index (κ2) is 15.5. The topological polar surface area (TPSA) is 67.2 Å². The molecule has 0 bridgehead atoms. The Morgan fingerprint density at radius 2 is 1.32 bits per heavy atom. The zero-order valence-electron chi connectivity index (χ0n) is 12.5. The van der Waals surface area contributed by atoms with Gasteiger partial charge in [-0.15, -0.1) is 0 Å². The van der Waals surface area contributed by atoms with Crippen LogP contribution in [-0.2, 0) is 8.85 Å². The van der Waals surface area contributed by atoms with Gasteiger partial charge < -0.3 is 8.85 Å². The molecule has 0 heterocycles. The molecule has 0 radical (unpaired) electrons. The Morgan fingerprint density at radius 3 is 1.79 bits per heavy atom. The minimum Gasteiger partial charge on any atom is -0.400 e. The molecule has 0 atom stereocenters. The van der Waals surface area contributed by atoms with Crippen LogP contribution in [0.3, 0.4) is 0 Å². The molecule has 112 valence electrons. The van der Waals surface area contributed by atoms with Crippen molar-refractivity contribution in [2.24, 2.45) is 5.11 Å². The number of hydrogen-bond donors (Lipinski definition) is 0. The summed E-state index contributed by atoms with van der Waals surface area (Å²) in [7, 11) is 2.19. The van der Waals surface area contributed by atoms with E-state index in [9.17, 15) is 0 Å². The van der Waals surface area contributed by atoms with E-state index in [0.717, 1.165) is 12.5 Å². The Bertz CT molecular complexity index is 232. The first kappa shape index (κ1) is 18.4. The molecule has 0 aromatic rings. The first-order valence-electron chi connectivity index (χ1n) is 7.41. The molecule has 19 heavy (non-hydrogen) atoms. The minimum absolute atomic E-state index is 0.653. The van der Waals surface area contributed by atoms with Gasteiger partial charge in [0.05, 0.1) is 0 Å². The molecule has 0 aliphatic rings. The van der Waals surface area contributed by atoms with Crippen molar-refractivity contribution in [3.63, 3.8) is 0 Å². The summed E-state index contributed by atoms with van der Waals surface area (Å²) in [5, 5.41) is 3.53. The summed E-state index contributed by atoms with van der Waals surface area (Å²) >= 11 is 0. The SMILES string of the molecule is CO[SiH](CCCCCCCCCCCN=[N+]=[N-])OC. The maximum Gasteiger partial charge on any atom is 0.320 e. The first-order valence-corrected chi connectivity index (χ1v) is 9.17. The predicted octanol–water partition coefficient (Wildman–Crippen LogP) is 4.32. The van der Waals surface area contributed by atoms with Crippen LogP contribution in [0.2, 0.25) is 6.04 Å². The van der Waals surface area contributed by atoms with Gasteiger partial charge in [0.1, 0.15) is 0 Å². The molecule has 0 N–H and O–H groups in total. The van der Waals surface area contributed by atoms with Crippen molar-refractivity contribution in [3.8, 4) is 0 Å². The van der Waals surface area contributed by atoms with Crippen molar-refractivity contribution in [1.29, 1.82) is 0 Å². The van der Waals surface area contributed by atoms with E-state index in [0.29, 0.717) is 6.54 Å². The highest BCUT2D eigenvalue weighted by molar-refractivity contribution is 6.44.